The number of anilines is 1. The van der Waals surface area contributed by atoms with Crippen molar-refractivity contribution in [2.24, 2.45) is 0 Å². The summed E-state index contributed by atoms with van der Waals surface area (Å²) in [5.41, 5.74) is 1.60. The average Bonchev–Trinajstić information content (AvgIpc) is 3.04. The number of ether oxygens (including phenoxy) is 1. The van der Waals surface area contributed by atoms with Gasteiger partial charge in [-0.05, 0) is 24.3 Å². The van der Waals surface area contributed by atoms with E-state index in [2.05, 4.69) is 10.3 Å². The van der Waals surface area contributed by atoms with Gasteiger partial charge >= 0.3 is 0 Å². The van der Waals surface area contributed by atoms with Gasteiger partial charge in [0.25, 0.3) is 11.8 Å². The van der Waals surface area contributed by atoms with Gasteiger partial charge in [0.15, 0.2) is 0 Å². The highest BCUT2D eigenvalue weighted by molar-refractivity contribution is 6.02. The number of carbonyl (C=O) groups excluding carboxylic acids is 2. The molecule has 3 heterocycles. The summed E-state index contributed by atoms with van der Waals surface area (Å²) in [6.07, 6.45) is 3.44. The van der Waals surface area contributed by atoms with E-state index in [1.165, 1.54) is 4.90 Å². The fraction of sp³-hybridized carbons (Fsp3) is 0.167. The number of hydrogen-bond acceptors (Lipinski definition) is 4. The maximum Gasteiger partial charge on any atom is 0.272 e. The Morgan fingerprint density at radius 1 is 1.24 bits per heavy atom. The van der Waals surface area contributed by atoms with Crippen LogP contribution in [0.3, 0.4) is 0 Å². The lowest BCUT2D eigenvalue weighted by Gasteiger charge is -2.19. The van der Waals surface area contributed by atoms with Crippen molar-refractivity contribution in [3.63, 3.8) is 0 Å². The second-order valence-corrected chi connectivity index (χ2v) is 5.79. The number of fused-ring (bicyclic) bond motifs is 2. The second kappa shape index (κ2) is 5.94. The van der Waals surface area contributed by atoms with Gasteiger partial charge in [-0.2, -0.15) is 0 Å². The Morgan fingerprint density at radius 3 is 2.88 bits per heavy atom. The molecule has 0 spiro atoms. The molecule has 7 heteroatoms. The first-order valence-electron chi connectivity index (χ1n) is 7.87. The summed E-state index contributed by atoms with van der Waals surface area (Å²) in [6, 6.07) is 12.0. The van der Waals surface area contributed by atoms with Gasteiger partial charge in [0.1, 0.15) is 29.7 Å². The van der Waals surface area contributed by atoms with Crippen molar-refractivity contribution in [3.8, 4) is 5.75 Å². The predicted molar refractivity (Wildman–Crippen MR) is 91.8 cm³/mol. The summed E-state index contributed by atoms with van der Waals surface area (Å²) in [5.74, 6) is -0.0325. The van der Waals surface area contributed by atoms with Crippen LogP contribution in [0.4, 0.5) is 5.69 Å². The topological polar surface area (TPSA) is 75.9 Å². The molecule has 0 radical (unpaired) electrons. The highest BCUT2D eigenvalue weighted by Gasteiger charge is 2.31. The number of nitrogens with one attached hydrogen (secondary N) is 1. The van der Waals surface area contributed by atoms with E-state index in [-0.39, 0.29) is 18.2 Å². The second-order valence-electron chi connectivity index (χ2n) is 5.79. The van der Waals surface area contributed by atoms with Gasteiger partial charge in [0, 0.05) is 19.4 Å². The van der Waals surface area contributed by atoms with Gasteiger partial charge in [-0.3, -0.25) is 9.59 Å². The largest absolute Gasteiger partial charge is 0.489 e. The van der Waals surface area contributed by atoms with Crippen LogP contribution in [0.15, 0.2) is 54.9 Å². The molecule has 25 heavy (non-hydrogen) atoms. The summed E-state index contributed by atoms with van der Waals surface area (Å²) in [7, 11) is 1.67. The number of aromatic nitrogens is 2. The van der Waals surface area contributed by atoms with Crippen LogP contribution >= 0.6 is 0 Å². The molecule has 0 saturated heterocycles. The Hall–Kier alpha value is -3.35. The van der Waals surface area contributed by atoms with Crippen molar-refractivity contribution in [1.29, 1.82) is 0 Å². The van der Waals surface area contributed by atoms with E-state index in [0.717, 1.165) is 0 Å². The van der Waals surface area contributed by atoms with Gasteiger partial charge in [-0.1, -0.05) is 18.2 Å². The fourth-order valence-electron chi connectivity index (χ4n) is 2.83. The first-order chi connectivity index (χ1) is 12.1. The molecule has 7 nitrogen and oxygen atoms in total. The van der Waals surface area contributed by atoms with Gasteiger partial charge in [-0.25, -0.2) is 4.98 Å². The molecule has 0 aliphatic carbocycles. The molecule has 0 saturated carbocycles. The Kier molecular flexibility index (Phi) is 3.61. The van der Waals surface area contributed by atoms with Crippen LogP contribution in [0.2, 0.25) is 0 Å². The zero-order valence-electron chi connectivity index (χ0n) is 13.5. The van der Waals surface area contributed by atoms with Crippen molar-refractivity contribution < 1.29 is 14.3 Å². The molecule has 0 unspecified atom stereocenters. The van der Waals surface area contributed by atoms with E-state index in [4.69, 9.17) is 4.74 Å². The molecule has 3 aromatic rings. The Balaban J connectivity index is 1.56. The highest BCUT2D eigenvalue weighted by Crippen LogP contribution is 2.29. The van der Waals surface area contributed by atoms with E-state index < -0.39 is 11.9 Å². The Labute approximate surface area is 143 Å². The zero-order chi connectivity index (χ0) is 17.4. The lowest BCUT2D eigenvalue weighted by molar-refractivity contribution is -0.120. The molecule has 4 rings (SSSR count). The van der Waals surface area contributed by atoms with E-state index in [1.807, 2.05) is 30.5 Å². The molecule has 2 aromatic heterocycles. The number of benzene rings is 1. The summed E-state index contributed by atoms with van der Waals surface area (Å²) in [5, 5.41) is 2.72. The number of para-hydroxylation sites is 2. The fourth-order valence-corrected chi connectivity index (χ4v) is 2.83. The molecule has 1 atom stereocenters. The van der Waals surface area contributed by atoms with Crippen LogP contribution in [0, 0.1) is 0 Å². The maximum absolute atomic E-state index is 12.7. The summed E-state index contributed by atoms with van der Waals surface area (Å²) in [6.45, 7) is 0.0687. The number of carbonyl (C=O) groups is 2. The van der Waals surface area contributed by atoms with Crippen LogP contribution in [-0.2, 0) is 4.79 Å². The standard InChI is InChI=1S/C18H16N4O3/c1-21-14-6-2-3-7-15(14)25-11-13(18(21)24)20-17(23)12-10-22-9-5-4-8-16(22)19-12/h2-10,13H,11H2,1H3,(H,20,23)/t13-/m0/s1. The summed E-state index contributed by atoms with van der Waals surface area (Å²) in [4.78, 5) is 30.9. The van der Waals surface area contributed by atoms with Gasteiger partial charge in [0.2, 0.25) is 0 Å². The third-order valence-electron chi connectivity index (χ3n) is 4.16. The molecular weight excluding hydrogens is 320 g/mol. The van der Waals surface area contributed by atoms with Crippen molar-refractivity contribution in [1.82, 2.24) is 14.7 Å². The van der Waals surface area contributed by atoms with Crippen molar-refractivity contribution in [2.45, 2.75) is 6.04 Å². The molecule has 0 bridgehead atoms. The number of amides is 2. The van der Waals surface area contributed by atoms with Crippen LogP contribution in [0.1, 0.15) is 10.5 Å². The molecule has 1 aliphatic heterocycles. The quantitative estimate of drug-likeness (QED) is 0.769. The third-order valence-corrected chi connectivity index (χ3v) is 4.16. The van der Waals surface area contributed by atoms with Crippen LogP contribution < -0.4 is 15.0 Å². The molecule has 0 fully saturated rings. The number of imidazole rings is 1. The molecule has 126 valence electrons. The van der Waals surface area contributed by atoms with E-state index in [1.54, 1.807) is 35.8 Å². The summed E-state index contributed by atoms with van der Waals surface area (Å²) < 4.78 is 7.45. The lowest BCUT2D eigenvalue weighted by Crippen LogP contribution is -2.49. The van der Waals surface area contributed by atoms with E-state index >= 15 is 0 Å². The minimum atomic E-state index is -0.783. The number of likely N-dealkylation sites (N-methyl/N-ethyl adjacent to an activating group) is 1. The Bertz CT molecular complexity index is 933. The van der Waals surface area contributed by atoms with Crippen LogP contribution in [0.5, 0.6) is 5.75 Å². The lowest BCUT2D eigenvalue weighted by atomic mass is 10.2. The van der Waals surface area contributed by atoms with Crippen LogP contribution in [-0.4, -0.2) is 40.9 Å². The monoisotopic (exact) mass is 336 g/mol. The number of nitrogens with zero attached hydrogens (tertiary/aromatic N) is 3. The van der Waals surface area contributed by atoms with E-state index in [0.29, 0.717) is 17.1 Å². The first-order valence-corrected chi connectivity index (χ1v) is 7.87. The number of pyridine rings is 1. The normalized spacial score (nSPS) is 16.9. The maximum atomic E-state index is 12.7. The molecule has 1 aliphatic rings. The van der Waals surface area contributed by atoms with Crippen molar-refractivity contribution in [3.05, 3.63) is 60.6 Å². The molecule has 1 aromatic carbocycles. The van der Waals surface area contributed by atoms with Crippen molar-refractivity contribution in [2.75, 3.05) is 18.6 Å². The zero-order valence-corrected chi connectivity index (χ0v) is 13.5. The van der Waals surface area contributed by atoms with Gasteiger partial charge < -0.3 is 19.4 Å². The Morgan fingerprint density at radius 2 is 2.04 bits per heavy atom. The first kappa shape index (κ1) is 15.2. The smallest absolute Gasteiger partial charge is 0.272 e. The predicted octanol–water partition coefficient (Wildman–Crippen LogP) is 1.49. The van der Waals surface area contributed by atoms with E-state index in [9.17, 15) is 9.59 Å². The van der Waals surface area contributed by atoms with Crippen molar-refractivity contribution >= 4 is 23.1 Å². The minimum absolute atomic E-state index is 0.0687. The third kappa shape index (κ3) is 2.69. The SMILES string of the molecule is CN1C(=O)[C@@H](NC(=O)c2cn3ccccc3n2)COc2ccccc21. The average molecular weight is 336 g/mol. The van der Waals surface area contributed by atoms with Crippen LogP contribution in [0.25, 0.3) is 5.65 Å². The number of hydrogen-bond donors (Lipinski definition) is 1. The number of rotatable bonds is 2. The molecular formula is C18H16N4O3. The molecule has 2 amide bonds. The minimum Gasteiger partial charge on any atom is -0.489 e. The van der Waals surface area contributed by atoms with Gasteiger partial charge in [0.05, 0.1) is 5.69 Å². The molecule has 1 N–H and O–H groups in total. The van der Waals surface area contributed by atoms with Gasteiger partial charge in [-0.15, -0.1) is 0 Å². The highest BCUT2D eigenvalue weighted by atomic mass is 16.5. The summed E-state index contributed by atoms with van der Waals surface area (Å²) >= 11 is 0.